The zero-order valence-corrected chi connectivity index (χ0v) is 12.9. The van der Waals surface area contributed by atoms with Crippen LogP contribution < -0.4 is 5.73 Å². The van der Waals surface area contributed by atoms with Gasteiger partial charge in [-0.05, 0) is 36.4 Å². The molecule has 1 unspecified atom stereocenters. The van der Waals surface area contributed by atoms with Crippen LogP contribution in [-0.4, -0.2) is 14.2 Å². The maximum atomic E-state index is 12.6. The molecule has 3 rings (SSSR count). The third-order valence-corrected chi connectivity index (χ3v) is 5.06. The van der Waals surface area contributed by atoms with E-state index in [1.165, 1.54) is 6.33 Å². The first-order chi connectivity index (χ1) is 10.1. The summed E-state index contributed by atoms with van der Waals surface area (Å²) in [6, 6.07) is 10.1. The van der Waals surface area contributed by atoms with Crippen molar-refractivity contribution in [1.82, 2.24) is 9.97 Å². The van der Waals surface area contributed by atoms with Crippen LogP contribution in [0.25, 0.3) is 10.9 Å². The summed E-state index contributed by atoms with van der Waals surface area (Å²) in [6.07, 6.45) is 1.40. The van der Waals surface area contributed by atoms with Gasteiger partial charge in [-0.2, -0.15) is 0 Å². The van der Waals surface area contributed by atoms with E-state index in [9.17, 15) is 4.21 Å². The second-order valence-corrected chi connectivity index (χ2v) is 6.58. The molecule has 0 aliphatic heterocycles. The Morgan fingerprint density at radius 2 is 1.67 bits per heavy atom. The van der Waals surface area contributed by atoms with Gasteiger partial charge in [-0.25, -0.2) is 14.2 Å². The summed E-state index contributed by atoms with van der Waals surface area (Å²) < 4.78 is 12.6. The van der Waals surface area contributed by atoms with E-state index in [1.807, 2.05) is 0 Å². The zero-order chi connectivity index (χ0) is 15.0. The number of hydrogen-bond acceptors (Lipinski definition) is 4. The summed E-state index contributed by atoms with van der Waals surface area (Å²) in [5.41, 5.74) is 6.53. The Hall–Kier alpha value is -1.69. The van der Waals surface area contributed by atoms with Gasteiger partial charge in [0.05, 0.1) is 26.4 Å². The topological polar surface area (TPSA) is 68.9 Å². The Kier molecular flexibility index (Phi) is 3.80. The highest BCUT2D eigenvalue weighted by Gasteiger charge is 2.11. The van der Waals surface area contributed by atoms with Crippen molar-refractivity contribution >= 4 is 50.7 Å². The standard InChI is InChI=1S/C14H9Cl2N3OS/c15-11-3-1-9(6-12(11)16)21(20)8-2-4-13-10(5-8)14(17)19-7-18-13/h1-7H,(H2,17,18,19). The monoisotopic (exact) mass is 337 g/mol. The SMILES string of the molecule is Nc1ncnc2ccc(S(=O)c3ccc(Cl)c(Cl)c3)cc12. The Labute approximate surface area is 133 Å². The maximum Gasteiger partial charge on any atom is 0.134 e. The molecule has 2 aromatic carbocycles. The number of fused-ring (bicyclic) bond motifs is 1. The largest absolute Gasteiger partial charge is 0.383 e. The number of nitrogen functional groups attached to an aromatic ring is 1. The summed E-state index contributed by atoms with van der Waals surface area (Å²) >= 11 is 11.8. The molecule has 0 amide bonds. The molecule has 0 aliphatic rings. The van der Waals surface area contributed by atoms with Gasteiger partial charge < -0.3 is 5.73 Å². The molecule has 1 atom stereocenters. The molecule has 21 heavy (non-hydrogen) atoms. The van der Waals surface area contributed by atoms with Crippen molar-refractivity contribution in [3.63, 3.8) is 0 Å². The normalized spacial score (nSPS) is 12.5. The van der Waals surface area contributed by atoms with Gasteiger partial charge in [-0.3, -0.25) is 0 Å². The molecule has 0 aliphatic carbocycles. The van der Waals surface area contributed by atoms with Gasteiger partial charge in [-0.1, -0.05) is 23.2 Å². The van der Waals surface area contributed by atoms with E-state index < -0.39 is 10.8 Å². The molecule has 3 aromatic rings. The van der Waals surface area contributed by atoms with Crippen LogP contribution in [0.2, 0.25) is 10.0 Å². The van der Waals surface area contributed by atoms with Crippen LogP contribution in [0.5, 0.6) is 0 Å². The van der Waals surface area contributed by atoms with E-state index in [-0.39, 0.29) is 0 Å². The average Bonchev–Trinajstić information content (AvgIpc) is 2.49. The third kappa shape index (κ3) is 2.72. The first-order valence-electron chi connectivity index (χ1n) is 5.93. The van der Waals surface area contributed by atoms with Crippen molar-refractivity contribution in [2.75, 3.05) is 5.73 Å². The van der Waals surface area contributed by atoms with Crippen LogP contribution in [0.4, 0.5) is 5.82 Å². The van der Waals surface area contributed by atoms with Crippen LogP contribution in [0.15, 0.2) is 52.5 Å². The number of hydrogen-bond donors (Lipinski definition) is 1. The lowest BCUT2D eigenvalue weighted by molar-refractivity contribution is 0.683. The summed E-state index contributed by atoms with van der Waals surface area (Å²) in [5.74, 6) is 0.355. The van der Waals surface area contributed by atoms with Gasteiger partial charge >= 0.3 is 0 Å². The van der Waals surface area contributed by atoms with Crippen LogP contribution >= 0.6 is 23.2 Å². The lowest BCUT2D eigenvalue weighted by Gasteiger charge is -2.06. The summed E-state index contributed by atoms with van der Waals surface area (Å²) in [4.78, 5) is 9.22. The molecule has 7 heteroatoms. The van der Waals surface area contributed by atoms with Gasteiger partial charge in [-0.15, -0.1) is 0 Å². The molecule has 0 bridgehead atoms. The molecule has 4 nitrogen and oxygen atoms in total. The van der Waals surface area contributed by atoms with Crippen molar-refractivity contribution < 1.29 is 4.21 Å². The Bertz CT molecular complexity index is 870. The predicted molar refractivity (Wildman–Crippen MR) is 85.1 cm³/mol. The summed E-state index contributed by atoms with van der Waals surface area (Å²) in [7, 11) is -1.38. The highest BCUT2D eigenvalue weighted by atomic mass is 35.5. The zero-order valence-electron chi connectivity index (χ0n) is 10.6. The molecule has 0 radical (unpaired) electrons. The number of nitrogens with two attached hydrogens (primary N) is 1. The minimum Gasteiger partial charge on any atom is -0.383 e. The quantitative estimate of drug-likeness (QED) is 0.774. The lowest BCUT2D eigenvalue weighted by atomic mass is 10.2. The highest BCUT2D eigenvalue weighted by molar-refractivity contribution is 7.85. The van der Waals surface area contributed by atoms with Crippen molar-refractivity contribution in [2.45, 2.75) is 9.79 Å². The van der Waals surface area contributed by atoms with Crippen LogP contribution in [0, 0.1) is 0 Å². The Morgan fingerprint density at radius 1 is 0.952 bits per heavy atom. The van der Waals surface area contributed by atoms with Crippen molar-refractivity contribution in [3.8, 4) is 0 Å². The summed E-state index contributed by atoms with van der Waals surface area (Å²) in [5, 5.41) is 1.46. The van der Waals surface area contributed by atoms with E-state index in [4.69, 9.17) is 28.9 Å². The number of benzene rings is 2. The van der Waals surface area contributed by atoms with Crippen molar-refractivity contribution in [1.29, 1.82) is 0 Å². The molecule has 2 N–H and O–H groups in total. The van der Waals surface area contributed by atoms with Crippen molar-refractivity contribution in [2.24, 2.45) is 0 Å². The van der Waals surface area contributed by atoms with E-state index in [1.54, 1.807) is 36.4 Å². The fourth-order valence-corrected chi connectivity index (χ4v) is 3.37. The second kappa shape index (κ2) is 5.60. The van der Waals surface area contributed by atoms with Crippen LogP contribution in [0.1, 0.15) is 0 Å². The Morgan fingerprint density at radius 3 is 2.43 bits per heavy atom. The fraction of sp³-hybridized carbons (Fsp3) is 0. The lowest BCUT2D eigenvalue weighted by Crippen LogP contribution is -1.97. The van der Waals surface area contributed by atoms with Crippen LogP contribution in [-0.2, 0) is 10.8 Å². The van der Waals surface area contributed by atoms with Gasteiger partial charge in [0.2, 0.25) is 0 Å². The minimum atomic E-state index is -1.38. The van der Waals surface area contributed by atoms with Gasteiger partial charge in [0.1, 0.15) is 12.1 Å². The van der Waals surface area contributed by atoms with Gasteiger partial charge in [0.15, 0.2) is 0 Å². The summed E-state index contributed by atoms with van der Waals surface area (Å²) in [6.45, 7) is 0. The van der Waals surface area contributed by atoms with Crippen LogP contribution in [0.3, 0.4) is 0 Å². The first kappa shape index (κ1) is 14.3. The highest BCUT2D eigenvalue weighted by Crippen LogP contribution is 2.28. The molecule has 0 saturated carbocycles. The van der Waals surface area contributed by atoms with E-state index >= 15 is 0 Å². The minimum absolute atomic E-state index is 0.355. The van der Waals surface area contributed by atoms with E-state index in [0.717, 1.165) is 0 Å². The molecule has 1 heterocycles. The number of aromatic nitrogens is 2. The molecule has 0 spiro atoms. The fourth-order valence-electron chi connectivity index (χ4n) is 1.90. The molecule has 106 valence electrons. The smallest absolute Gasteiger partial charge is 0.134 e. The molecule has 0 fully saturated rings. The number of anilines is 1. The molecular weight excluding hydrogens is 329 g/mol. The second-order valence-electron chi connectivity index (χ2n) is 4.28. The van der Waals surface area contributed by atoms with Gasteiger partial charge in [0, 0.05) is 15.2 Å². The van der Waals surface area contributed by atoms with Gasteiger partial charge in [0.25, 0.3) is 0 Å². The molecule has 0 saturated heterocycles. The number of halogens is 2. The number of nitrogens with zero attached hydrogens (tertiary/aromatic N) is 2. The predicted octanol–water partition coefficient (Wildman–Crippen LogP) is 3.69. The Balaban J connectivity index is 2.09. The number of rotatable bonds is 2. The van der Waals surface area contributed by atoms with E-state index in [0.29, 0.717) is 36.6 Å². The average molecular weight is 338 g/mol. The maximum absolute atomic E-state index is 12.6. The first-order valence-corrected chi connectivity index (χ1v) is 7.84. The van der Waals surface area contributed by atoms with Crippen molar-refractivity contribution in [3.05, 3.63) is 52.8 Å². The third-order valence-electron chi connectivity index (χ3n) is 2.96. The molecule has 1 aromatic heterocycles. The van der Waals surface area contributed by atoms with E-state index in [2.05, 4.69) is 9.97 Å². The molecular formula is C14H9Cl2N3OS.